The highest BCUT2D eigenvalue weighted by Gasteiger charge is 2.86. The van der Waals surface area contributed by atoms with Crippen LogP contribution in [-0.4, -0.2) is 110 Å². The fraction of sp³-hybridized carbons (Fsp3) is 0.771. The second-order valence-electron chi connectivity index (χ2n) is 16.2. The Hall–Kier alpha value is -3.24. The zero-order chi connectivity index (χ0) is 37.0. The van der Waals surface area contributed by atoms with E-state index < -0.39 is 141 Å². The van der Waals surface area contributed by atoms with Gasteiger partial charge in [-0.05, 0) is 38.7 Å². The first-order chi connectivity index (χ1) is 23.1. The Morgan fingerprint density at radius 2 is 1.44 bits per heavy atom. The number of hydrogen-bond donors (Lipinski definition) is 5. The van der Waals surface area contributed by atoms with Crippen LogP contribution in [0.1, 0.15) is 61.8 Å². The Morgan fingerprint density at radius 3 is 2.00 bits per heavy atom. The lowest BCUT2D eigenvalue weighted by Crippen LogP contribution is -2.82. The molecule has 7 aliphatic rings. The molecule has 2 heterocycles. The number of esters is 4. The Labute approximate surface area is 288 Å². The topological polar surface area (TPSA) is 240 Å². The monoisotopic (exact) mass is 703 g/mol. The summed E-state index contributed by atoms with van der Waals surface area (Å²) in [5.41, 5.74) is -10.6. The first kappa shape index (κ1) is 35.2. The van der Waals surface area contributed by atoms with Crippen molar-refractivity contribution in [1.29, 1.82) is 5.41 Å². The van der Waals surface area contributed by atoms with Crippen molar-refractivity contribution in [1.82, 2.24) is 0 Å². The summed E-state index contributed by atoms with van der Waals surface area (Å²) in [6.45, 7) is 10.9. The van der Waals surface area contributed by atoms with E-state index in [1.807, 2.05) is 0 Å². The van der Waals surface area contributed by atoms with Gasteiger partial charge < -0.3 is 49.5 Å². The summed E-state index contributed by atoms with van der Waals surface area (Å²) >= 11 is 0. The molecule has 0 unspecified atom stereocenters. The van der Waals surface area contributed by atoms with Gasteiger partial charge in [0.2, 0.25) is 0 Å². The summed E-state index contributed by atoms with van der Waals surface area (Å²) in [5.74, 6) is -10.3. The van der Waals surface area contributed by atoms with Crippen LogP contribution in [0.5, 0.6) is 0 Å². The van der Waals surface area contributed by atoms with Crippen LogP contribution in [0.4, 0.5) is 0 Å². The molecule has 5 aliphatic carbocycles. The molecule has 0 aromatic rings. The molecule has 0 bridgehead atoms. The Kier molecular flexibility index (Phi) is 7.34. The lowest BCUT2D eigenvalue weighted by atomic mass is 9.38. The van der Waals surface area contributed by atoms with E-state index in [9.17, 15) is 49.8 Å². The predicted molar refractivity (Wildman–Crippen MR) is 165 cm³/mol. The SMILES string of the molecule is CC(=O)O[C@@H]1[C@H]2[C@H]3[C@H]([C@H](OC(C)=O)[C@H](O)[C@]2(C)[C@@H]2[C@@H]1[C@]1(C)C(=C[C@H]2C)OC(=O)[C@@]1(C)O)[C@@]1(C(C)=O)[C@@H](O)[C@H]2O[C@H]2C[C@]1(O)C(=N)[C@@H]3OC(C)=O. The number of ketones is 1. The molecule has 0 aromatic heterocycles. The van der Waals surface area contributed by atoms with Crippen LogP contribution in [0.15, 0.2) is 11.8 Å². The summed E-state index contributed by atoms with van der Waals surface area (Å²) in [5, 5.41) is 58.9. The lowest BCUT2D eigenvalue weighted by molar-refractivity contribution is -0.276. The molecule has 0 spiro atoms. The van der Waals surface area contributed by atoms with Crippen LogP contribution < -0.4 is 0 Å². The minimum Gasteiger partial charge on any atom is -0.462 e. The Bertz CT molecular complexity index is 1660. The van der Waals surface area contributed by atoms with Crippen molar-refractivity contribution in [2.24, 2.45) is 51.8 Å². The zero-order valence-electron chi connectivity index (χ0n) is 29.2. The van der Waals surface area contributed by atoms with Crippen molar-refractivity contribution in [3.8, 4) is 0 Å². The first-order valence-electron chi connectivity index (χ1n) is 17.1. The summed E-state index contributed by atoms with van der Waals surface area (Å²) < 4.78 is 29.3. The van der Waals surface area contributed by atoms with Crippen LogP contribution in [0.3, 0.4) is 0 Å². The molecule has 0 aromatic carbocycles. The summed E-state index contributed by atoms with van der Waals surface area (Å²) in [7, 11) is 0. The van der Waals surface area contributed by atoms with E-state index in [1.54, 1.807) is 26.8 Å². The van der Waals surface area contributed by atoms with Gasteiger partial charge in [0.25, 0.3) is 0 Å². The molecule has 2 saturated heterocycles. The number of aliphatic hydroxyl groups excluding tert-OH is 2. The van der Waals surface area contributed by atoms with Crippen molar-refractivity contribution in [3.05, 3.63) is 11.8 Å². The average molecular weight is 704 g/mol. The number of carbonyl (C=O) groups is 5. The molecular formula is C35H45NO14. The molecule has 0 radical (unpaired) electrons. The second-order valence-corrected chi connectivity index (χ2v) is 16.2. The van der Waals surface area contributed by atoms with Gasteiger partial charge in [0.05, 0.1) is 34.9 Å². The lowest BCUT2D eigenvalue weighted by Gasteiger charge is -2.67. The molecule has 4 saturated carbocycles. The number of allylic oxidation sites excluding steroid dienone is 1. The van der Waals surface area contributed by atoms with Gasteiger partial charge in [0, 0.05) is 56.3 Å². The van der Waals surface area contributed by atoms with E-state index in [0.29, 0.717) is 0 Å². The third-order valence-electron chi connectivity index (χ3n) is 14.1. The number of epoxide rings is 1. The van der Waals surface area contributed by atoms with Crippen LogP contribution in [0, 0.1) is 57.2 Å². The van der Waals surface area contributed by atoms with Gasteiger partial charge in [0.1, 0.15) is 41.6 Å². The molecule has 274 valence electrons. The largest absolute Gasteiger partial charge is 0.462 e. The number of nitrogens with one attached hydrogen (secondary N) is 1. The van der Waals surface area contributed by atoms with Gasteiger partial charge in [-0.1, -0.05) is 13.8 Å². The molecule has 15 heteroatoms. The minimum atomic E-state index is -2.49. The number of aliphatic hydroxyl groups is 4. The first-order valence-corrected chi connectivity index (χ1v) is 17.1. The van der Waals surface area contributed by atoms with Gasteiger partial charge >= 0.3 is 23.9 Å². The van der Waals surface area contributed by atoms with Crippen LogP contribution in [0.2, 0.25) is 0 Å². The van der Waals surface area contributed by atoms with E-state index >= 15 is 0 Å². The van der Waals surface area contributed by atoms with Crippen molar-refractivity contribution in [2.45, 2.75) is 116 Å². The van der Waals surface area contributed by atoms with Gasteiger partial charge in [0.15, 0.2) is 5.60 Å². The number of ether oxygens (including phenoxy) is 5. The molecule has 7 rings (SSSR count). The third-order valence-corrected chi connectivity index (χ3v) is 14.1. The maximum Gasteiger partial charge on any atom is 0.343 e. The number of fused-ring (bicyclic) bond motifs is 10. The third kappa shape index (κ3) is 3.82. The average Bonchev–Trinajstić information content (AvgIpc) is 3.67. The number of carbonyl (C=O) groups excluding carboxylic acids is 5. The highest BCUT2D eigenvalue weighted by molar-refractivity contribution is 6.04. The van der Waals surface area contributed by atoms with E-state index in [2.05, 4.69) is 0 Å². The van der Waals surface area contributed by atoms with Gasteiger partial charge in [-0.25, -0.2) is 4.79 Å². The standard InChI is InChI=1S/C35H45NO14/c1-11-9-17-32(7,33(8,44)30(43)50-17)22-19(11)31(6)20(25(22)47-14(4)39)18-21(26(28(31)41)48-15(5)40)35(12(2)37)29(42)23-16(49-23)10-34(35,45)27(36)24(18)46-13(3)38/h9,11,16,18-26,28-29,36,41-42,44-45H,10H2,1-8H3/t11-,16+,18+,19+,20-,21-,22+,23+,24-,25-,26+,28+,29+,31-,32+,33-,34+,35+/m1/s1. The fourth-order valence-electron chi connectivity index (χ4n) is 12.2. The van der Waals surface area contributed by atoms with Crippen LogP contribution in [0.25, 0.3) is 0 Å². The summed E-state index contributed by atoms with van der Waals surface area (Å²) in [6, 6.07) is 0. The van der Waals surface area contributed by atoms with E-state index in [4.69, 9.17) is 23.7 Å². The van der Waals surface area contributed by atoms with E-state index in [0.717, 1.165) is 20.8 Å². The molecule has 50 heavy (non-hydrogen) atoms. The second kappa shape index (κ2) is 10.4. The molecule has 15 nitrogen and oxygen atoms in total. The summed E-state index contributed by atoms with van der Waals surface area (Å²) in [4.78, 5) is 66.4. The fourth-order valence-corrected chi connectivity index (χ4v) is 12.2. The van der Waals surface area contributed by atoms with Gasteiger partial charge in [-0.3, -0.25) is 19.2 Å². The highest BCUT2D eigenvalue weighted by atomic mass is 16.6. The highest BCUT2D eigenvalue weighted by Crippen LogP contribution is 2.76. The van der Waals surface area contributed by atoms with Crippen molar-refractivity contribution < 1.29 is 68.1 Å². The molecule has 5 N–H and O–H groups in total. The van der Waals surface area contributed by atoms with Crippen molar-refractivity contribution in [2.75, 3.05) is 0 Å². The maximum atomic E-state index is 14.3. The Morgan fingerprint density at radius 1 is 0.860 bits per heavy atom. The quantitative estimate of drug-likeness (QED) is 0.147. The molecular weight excluding hydrogens is 658 g/mol. The normalized spacial score (nSPS) is 53.9. The van der Waals surface area contributed by atoms with E-state index in [-0.39, 0.29) is 12.2 Å². The van der Waals surface area contributed by atoms with Crippen LogP contribution >= 0.6 is 0 Å². The van der Waals surface area contributed by atoms with Crippen molar-refractivity contribution in [3.63, 3.8) is 0 Å². The van der Waals surface area contributed by atoms with Crippen LogP contribution in [-0.2, 0) is 47.7 Å². The molecule has 6 fully saturated rings. The summed E-state index contributed by atoms with van der Waals surface area (Å²) in [6.07, 6.45) is -8.35. The molecule has 2 aliphatic heterocycles. The zero-order valence-corrected chi connectivity index (χ0v) is 29.2. The maximum absolute atomic E-state index is 14.3. The van der Waals surface area contributed by atoms with Gasteiger partial charge in [-0.15, -0.1) is 0 Å². The Balaban J connectivity index is 1.57. The molecule has 18 atom stereocenters. The number of Topliss-reactive ketones (excluding diaryl/α,β-unsaturated/α-hetero) is 1. The van der Waals surface area contributed by atoms with E-state index in [1.165, 1.54) is 13.8 Å². The molecule has 0 amide bonds. The number of hydrogen-bond acceptors (Lipinski definition) is 15. The number of rotatable bonds is 4. The van der Waals surface area contributed by atoms with Gasteiger partial charge in [-0.2, -0.15) is 0 Å². The predicted octanol–water partition coefficient (Wildman–Crippen LogP) is -0.0235. The van der Waals surface area contributed by atoms with Crippen molar-refractivity contribution >= 4 is 35.4 Å². The minimum absolute atomic E-state index is 0.144. The smallest absolute Gasteiger partial charge is 0.343 e.